The molecule has 1 aliphatic heterocycles. The minimum Gasteiger partial charge on any atom is -0.440 e. The van der Waals surface area contributed by atoms with Gasteiger partial charge in [-0.3, -0.25) is 9.55 Å². The summed E-state index contributed by atoms with van der Waals surface area (Å²) in [6, 6.07) is 5.77. The molecule has 0 spiro atoms. The number of likely N-dealkylation sites (tertiary alicyclic amines) is 1. The van der Waals surface area contributed by atoms with Crippen molar-refractivity contribution in [3.8, 4) is 0 Å². The molecule has 222 valence electrons. The van der Waals surface area contributed by atoms with Crippen LogP contribution in [-0.4, -0.2) is 43.6 Å². The quantitative estimate of drug-likeness (QED) is 0.232. The monoisotopic (exact) mass is 608 g/mol. The molecule has 42 heavy (non-hydrogen) atoms. The Kier molecular flexibility index (Phi) is 7.25. The topological polar surface area (TPSA) is 119 Å². The number of piperidine rings is 1. The summed E-state index contributed by atoms with van der Waals surface area (Å²) in [6.07, 6.45) is -4.13. The van der Waals surface area contributed by atoms with Crippen LogP contribution in [0.25, 0.3) is 11.2 Å². The zero-order valence-electron chi connectivity index (χ0n) is 21.9. The van der Waals surface area contributed by atoms with E-state index >= 15 is 0 Å². The number of aromatic nitrogens is 4. The number of aromatic amines is 1. The Labute approximate surface area is 239 Å². The van der Waals surface area contributed by atoms with Gasteiger partial charge in [-0.15, -0.1) is 11.3 Å². The highest BCUT2D eigenvalue weighted by Crippen LogP contribution is 2.48. The third-order valence-electron chi connectivity index (χ3n) is 7.91. The standard InChI is InChI=1S/C27H25F5N6O3S/c28-16-4-1-3-14(19(16)29)15-6-7-18(21-22(20(15)33)42-24(35-21)27(30,31)32)41-26(40)37-11-8-13(9-12-37)38-17-5-2-10-34-23(17)36-25(38)39/h1-5,10,13,15,18,20H,6-9,11-12,33H2,(H,34,36,39)/t15-,18+,20-/m0/s1. The maximum atomic E-state index is 14.7. The molecule has 9 nitrogen and oxygen atoms in total. The van der Waals surface area contributed by atoms with Gasteiger partial charge < -0.3 is 15.4 Å². The molecule has 0 radical (unpaired) electrons. The van der Waals surface area contributed by atoms with Crippen LogP contribution in [0.15, 0.2) is 41.3 Å². The largest absolute Gasteiger partial charge is 0.443 e. The number of H-pyrrole nitrogens is 1. The number of hydrogen-bond donors (Lipinski definition) is 2. The molecule has 3 atom stereocenters. The van der Waals surface area contributed by atoms with E-state index in [0.29, 0.717) is 35.3 Å². The number of pyridine rings is 1. The van der Waals surface area contributed by atoms with Crippen LogP contribution in [0.2, 0.25) is 0 Å². The summed E-state index contributed by atoms with van der Waals surface area (Å²) < 4.78 is 77.0. The average molecular weight is 609 g/mol. The smallest absolute Gasteiger partial charge is 0.440 e. The summed E-state index contributed by atoms with van der Waals surface area (Å²) in [5.74, 6) is -3.09. The van der Waals surface area contributed by atoms with Crippen molar-refractivity contribution in [3.05, 3.63) is 79.8 Å². The number of halogens is 5. The molecule has 0 bridgehead atoms. The number of nitrogens with one attached hydrogen (secondary N) is 1. The third-order valence-corrected chi connectivity index (χ3v) is 9.12. The lowest BCUT2D eigenvalue weighted by Crippen LogP contribution is -2.41. The van der Waals surface area contributed by atoms with Crippen molar-refractivity contribution in [2.75, 3.05) is 13.1 Å². The molecule has 2 aliphatic rings. The molecule has 0 saturated carbocycles. The third kappa shape index (κ3) is 5.04. The Morgan fingerprint density at radius 1 is 1.10 bits per heavy atom. The SMILES string of the molecule is N[C@@H]1c2sc(C(F)(F)F)nc2[C@H](OC(=O)N2CCC(n3c(=O)[nH]c4ncccc43)CC2)CC[C@H]1c1cccc(F)c1F. The van der Waals surface area contributed by atoms with E-state index in [2.05, 4.69) is 15.0 Å². The Morgan fingerprint density at radius 2 is 1.86 bits per heavy atom. The van der Waals surface area contributed by atoms with Crippen LogP contribution < -0.4 is 11.4 Å². The van der Waals surface area contributed by atoms with Crippen LogP contribution in [0.3, 0.4) is 0 Å². The number of nitrogens with two attached hydrogens (primary N) is 1. The van der Waals surface area contributed by atoms with Gasteiger partial charge in [-0.1, -0.05) is 12.1 Å². The van der Waals surface area contributed by atoms with E-state index in [9.17, 15) is 31.5 Å². The first kappa shape index (κ1) is 28.3. The second-order valence-corrected chi connectivity index (χ2v) is 11.4. The number of hydrogen-bond acceptors (Lipinski definition) is 7. The highest BCUT2D eigenvalue weighted by atomic mass is 32.1. The van der Waals surface area contributed by atoms with E-state index in [0.717, 1.165) is 6.07 Å². The van der Waals surface area contributed by atoms with Crippen LogP contribution in [0.4, 0.5) is 26.7 Å². The van der Waals surface area contributed by atoms with Gasteiger partial charge in [0, 0.05) is 42.2 Å². The summed E-state index contributed by atoms with van der Waals surface area (Å²) in [7, 11) is 0. The summed E-state index contributed by atoms with van der Waals surface area (Å²) in [5.41, 5.74) is 7.00. The fourth-order valence-corrected chi connectivity index (χ4v) is 6.91. The molecular formula is C27H25F5N6O3S. The van der Waals surface area contributed by atoms with E-state index in [1.54, 1.807) is 22.9 Å². The highest BCUT2D eigenvalue weighted by Gasteiger charge is 2.43. The van der Waals surface area contributed by atoms with Crippen LogP contribution in [0.1, 0.15) is 70.9 Å². The van der Waals surface area contributed by atoms with Crippen molar-refractivity contribution in [3.63, 3.8) is 0 Å². The maximum absolute atomic E-state index is 14.7. The first-order valence-electron chi connectivity index (χ1n) is 13.3. The van der Waals surface area contributed by atoms with E-state index < -0.39 is 47.0 Å². The number of ether oxygens (including phenoxy) is 1. The Balaban J connectivity index is 1.22. The van der Waals surface area contributed by atoms with Crippen molar-refractivity contribution >= 4 is 28.6 Å². The molecule has 1 aromatic carbocycles. The molecule has 1 saturated heterocycles. The summed E-state index contributed by atoms with van der Waals surface area (Å²) in [5, 5.41) is -1.16. The predicted octanol–water partition coefficient (Wildman–Crippen LogP) is 5.57. The number of alkyl halides is 3. The molecule has 1 aliphatic carbocycles. The first-order valence-corrected chi connectivity index (χ1v) is 14.1. The zero-order valence-corrected chi connectivity index (χ0v) is 22.7. The van der Waals surface area contributed by atoms with Gasteiger partial charge in [0.25, 0.3) is 0 Å². The summed E-state index contributed by atoms with van der Waals surface area (Å²) in [4.78, 5) is 37.9. The molecule has 4 aromatic rings. The Morgan fingerprint density at radius 3 is 2.60 bits per heavy atom. The number of rotatable bonds is 3. The lowest BCUT2D eigenvalue weighted by Gasteiger charge is -2.32. The molecular weight excluding hydrogens is 583 g/mol. The number of benzene rings is 1. The van der Waals surface area contributed by atoms with Gasteiger partial charge in [0.2, 0.25) is 0 Å². The van der Waals surface area contributed by atoms with E-state index in [-0.39, 0.29) is 53.8 Å². The zero-order chi connectivity index (χ0) is 29.8. The number of amides is 1. The van der Waals surface area contributed by atoms with E-state index in [4.69, 9.17) is 10.5 Å². The highest BCUT2D eigenvalue weighted by molar-refractivity contribution is 7.12. The van der Waals surface area contributed by atoms with Crippen LogP contribution in [0, 0.1) is 11.6 Å². The summed E-state index contributed by atoms with van der Waals surface area (Å²) >= 11 is 0.317. The first-order chi connectivity index (χ1) is 20.0. The van der Waals surface area contributed by atoms with Crippen molar-refractivity contribution in [2.45, 2.75) is 56.0 Å². The predicted molar refractivity (Wildman–Crippen MR) is 142 cm³/mol. The van der Waals surface area contributed by atoms with Gasteiger partial charge in [-0.25, -0.2) is 28.3 Å². The van der Waals surface area contributed by atoms with Crippen molar-refractivity contribution in [1.82, 2.24) is 24.4 Å². The van der Waals surface area contributed by atoms with Gasteiger partial charge in [0.05, 0.1) is 11.2 Å². The van der Waals surface area contributed by atoms with Crippen LogP contribution in [0.5, 0.6) is 0 Å². The van der Waals surface area contributed by atoms with Crippen molar-refractivity contribution in [1.29, 1.82) is 0 Å². The molecule has 3 aromatic heterocycles. The number of carbonyl (C=O) groups is 1. The second-order valence-electron chi connectivity index (χ2n) is 10.4. The minimum absolute atomic E-state index is 0.00227. The Hall–Kier alpha value is -3.85. The molecule has 3 N–H and O–H groups in total. The maximum Gasteiger partial charge on any atom is 0.443 e. The molecule has 1 fully saturated rings. The lowest BCUT2D eigenvalue weighted by atomic mass is 9.88. The van der Waals surface area contributed by atoms with Gasteiger partial charge in [0.15, 0.2) is 22.3 Å². The number of nitrogens with zero attached hydrogens (tertiary/aromatic N) is 4. The number of thiazole rings is 1. The molecule has 15 heteroatoms. The van der Waals surface area contributed by atoms with Crippen LogP contribution >= 0.6 is 11.3 Å². The van der Waals surface area contributed by atoms with Crippen LogP contribution in [-0.2, 0) is 10.9 Å². The van der Waals surface area contributed by atoms with Gasteiger partial charge in [-0.05, 0) is 49.4 Å². The minimum atomic E-state index is -4.78. The molecule has 6 rings (SSSR count). The average Bonchev–Trinajstić information content (AvgIpc) is 3.53. The fraction of sp³-hybridized carbons (Fsp3) is 0.407. The fourth-order valence-electron chi connectivity index (χ4n) is 5.86. The number of carbonyl (C=O) groups excluding carboxylic acids is 1. The van der Waals surface area contributed by atoms with E-state index in [1.165, 1.54) is 17.0 Å². The second kappa shape index (κ2) is 10.8. The van der Waals surface area contributed by atoms with Crippen molar-refractivity contribution in [2.24, 2.45) is 5.73 Å². The van der Waals surface area contributed by atoms with E-state index in [1.807, 2.05) is 0 Å². The number of imidazole rings is 1. The molecule has 1 amide bonds. The summed E-state index contributed by atoms with van der Waals surface area (Å²) in [6.45, 7) is 0.480. The molecule has 4 heterocycles. The van der Waals surface area contributed by atoms with Gasteiger partial charge in [0.1, 0.15) is 6.10 Å². The van der Waals surface area contributed by atoms with Gasteiger partial charge >= 0.3 is 18.0 Å². The Bertz CT molecular complexity index is 1690. The van der Waals surface area contributed by atoms with Gasteiger partial charge in [-0.2, -0.15) is 13.2 Å². The number of fused-ring (bicyclic) bond motifs is 2. The lowest BCUT2D eigenvalue weighted by molar-refractivity contribution is -0.137. The normalized spacial score (nSPS) is 21.8. The molecule has 0 unspecified atom stereocenters. The van der Waals surface area contributed by atoms with Crippen molar-refractivity contribution < 1.29 is 31.5 Å².